The van der Waals surface area contributed by atoms with E-state index in [2.05, 4.69) is 38.8 Å². The molecule has 0 bridgehead atoms. The third kappa shape index (κ3) is 2.71. The van der Waals surface area contributed by atoms with Gasteiger partial charge in [-0.25, -0.2) is 10.8 Å². The second-order valence-corrected chi connectivity index (χ2v) is 6.43. The molecule has 1 aliphatic carbocycles. The molecule has 0 amide bonds. The Labute approximate surface area is 123 Å². The van der Waals surface area contributed by atoms with Crippen LogP contribution in [-0.2, 0) is 0 Å². The highest BCUT2D eigenvalue weighted by atomic mass is 32.1. The topological polar surface area (TPSA) is 67.1 Å². The third-order valence-corrected chi connectivity index (χ3v) is 4.86. The molecule has 2 aromatic heterocycles. The second kappa shape index (κ2) is 5.93. The normalized spacial score (nSPS) is 16.5. The average Bonchev–Trinajstić information content (AvgIpc) is 2.95. The van der Waals surface area contributed by atoms with Crippen molar-refractivity contribution < 1.29 is 0 Å². The Bertz CT molecular complexity index is 576. The minimum atomic E-state index is 0.491. The molecule has 2 heterocycles. The van der Waals surface area contributed by atoms with Gasteiger partial charge in [0.15, 0.2) is 0 Å². The zero-order chi connectivity index (χ0) is 13.9. The maximum Gasteiger partial charge on any atom is 0.240 e. The summed E-state index contributed by atoms with van der Waals surface area (Å²) in [6.07, 6.45) is 6.80. The largest absolute Gasteiger partial charge is 0.359 e. The average molecular weight is 291 g/mol. The van der Waals surface area contributed by atoms with Gasteiger partial charge < -0.3 is 4.90 Å². The van der Waals surface area contributed by atoms with E-state index in [0.29, 0.717) is 5.95 Å². The van der Waals surface area contributed by atoms with Gasteiger partial charge in [-0.15, -0.1) is 11.3 Å². The summed E-state index contributed by atoms with van der Waals surface area (Å²) in [4.78, 5) is 12.2. The molecule has 0 atom stereocenters. The molecule has 2 aromatic rings. The molecule has 1 fully saturated rings. The quantitative estimate of drug-likeness (QED) is 0.669. The second-order valence-electron chi connectivity index (χ2n) is 5.54. The Hall–Kier alpha value is -1.40. The van der Waals surface area contributed by atoms with Crippen LogP contribution < -0.4 is 16.2 Å². The molecule has 1 aliphatic rings. The summed E-state index contributed by atoms with van der Waals surface area (Å²) < 4.78 is 0. The summed E-state index contributed by atoms with van der Waals surface area (Å²) in [7, 11) is 2.12. The van der Waals surface area contributed by atoms with Gasteiger partial charge in [-0.1, -0.05) is 19.3 Å². The van der Waals surface area contributed by atoms with E-state index in [1.54, 1.807) is 11.3 Å². The van der Waals surface area contributed by atoms with Crippen molar-refractivity contribution in [1.29, 1.82) is 0 Å². The van der Waals surface area contributed by atoms with Crippen molar-refractivity contribution in [3.8, 4) is 0 Å². The van der Waals surface area contributed by atoms with Crippen LogP contribution in [0.25, 0.3) is 10.2 Å². The zero-order valence-corrected chi connectivity index (χ0v) is 12.6. The lowest BCUT2D eigenvalue weighted by Crippen LogP contribution is -2.28. The number of anilines is 2. The number of aromatic nitrogens is 2. The number of fused-ring (bicyclic) bond motifs is 1. The molecule has 6 heteroatoms. The predicted octanol–water partition coefficient (Wildman–Crippen LogP) is 2.99. The predicted molar refractivity (Wildman–Crippen MR) is 85.1 cm³/mol. The van der Waals surface area contributed by atoms with Crippen LogP contribution in [-0.4, -0.2) is 23.6 Å². The molecular weight excluding hydrogens is 270 g/mol. The summed E-state index contributed by atoms with van der Waals surface area (Å²) in [6.45, 7) is 1.06. The van der Waals surface area contributed by atoms with E-state index in [9.17, 15) is 0 Å². The lowest BCUT2D eigenvalue weighted by Gasteiger charge is -2.28. The minimum Gasteiger partial charge on any atom is -0.359 e. The fourth-order valence-corrected chi connectivity index (χ4v) is 3.80. The molecule has 0 radical (unpaired) electrons. The fourth-order valence-electron chi connectivity index (χ4n) is 3.04. The molecular formula is C14H21N5S. The Morgan fingerprint density at radius 3 is 2.90 bits per heavy atom. The number of nitrogen functional groups attached to an aromatic ring is 1. The Morgan fingerprint density at radius 2 is 2.15 bits per heavy atom. The van der Waals surface area contributed by atoms with Crippen molar-refractivity contribution in [2.24, 2.45) is 11.8 Å². The Morgan fingerprint density at radius 1 is 1.35 bits per heavy atom. The molecule has 0 aromatic carbocycles. The van der Waals surface area contributed by atoms with E-state index in [1.807, 2.05) is 0 Å². The van der Waals surface area contributed by atoms with E-state index in [1.165, 1.54) is 32.1 Å². The SMILES string of the molecule is CN(CC1CCCCC1)c1nc(NN)nc2sccc12. The van der Waals surface area contributed by atoms with E-state index in [0.717, 1.165) is 28.5 Å². The van der Waals surface area contributed by atoms with Crippen molar-refractivity contribution in [3.63, 3.8) is 0 Å². The van der Waals surface area contributed by atoms with Crippen LogP contribution in [0.4, 0.5) is 11.8 Å². The number of thiophene rings is 1. The van der Waals surface area contributed by atoms with Gasteiger partial charge in [-0.3, -0.25) is 5.43 Å². The van der Waals surface area contributed by atoms with E-state index >= 15 is 0 Å². The lowest BCUT2D eigenvalue weighted by atomic mass is 9.89. The monoisotopic (exact) mass is 291 g/mol. The first-order valence-electron chi connectivity index (χ1n) is 7.21. The summed E-state index contributed by atoms with van der Waals surface area (Å²) in [5.74, 6) is 7.73. The number of rotatable bonds is 4. The summed E-state index contributed by atoms with van der Waals surface area (Å²) in [5, 5.41) is 3.17. The van der Waals surface area contributed by atoms with Crippen LogP contribution in [0.3, 0.4) is 0 Å². The molecule has 0 spiro atoms. The van der Waals surface area contributed by atoms with Crippen LogP contribution in [0.15, 0.2) is 11.4 Å². The first-order valence-corrected chi connectivity index (χ1v) is 8.09. The van der Waals surface area contributed by atoms with Gasteiger partial charge in [0.2, 0.25) is 5.95 Å². The summed E-state index contributed by atoms with van der Waals surface area (Å²) in [6, 6.07) is 2.09. The van der Waals surface area contributed by atoms with Crippen molar-refractivity contribution in [2.45, 2.75) is 32.1 Å². The molecule has 0 unspecified atom stereocenters. The molecule has 20 heavy (non-hydrogen) atoms. The highest BCUT2D eigenvalue weighted by molar-refractivity contribution is 7.16. The third-order valence-electron chi connectivity index (χ3n) is 4.05. The molecule has 0 aliphatic heterocycles. The Kier molecular flexibility index (Phi) is 4.03. The van der Waals surface area contributed by atoms with Gasteiger partial charge >= 0.3 is 0 Å². The number of hydrazine groups is 1. The van der Waals surface area contributed by atoms with Gasteiger partial charge in [-0.2, -0.15) is 4.98 Å². The van der Waals surface area contributed by atoms with Crippen molar-refractivity contribution in [3.05, 3.63) is 11.4 Å². The van der Waals surface area contributed by atoms with Gasteiger partial charge in [0.1, 0.15) is 10.6 Å². The first-order chi connectivity index (χ1) is 9.78. The lowest BCUT2D eigenvalue weighted by molar-refractivity contribution is 0.362. The van der Waals surface area contributed by atoms with Crippen molar-refractivity contribution in [2.75, 3.05) is 23.9 Å². The minimum absolute atomic E-state index is 0.491. The van der Waals surface area contributed by atoms with Crippen LogP contribution >= 0.6 is 11.3 Å². The summed E-state index contributed by atoms with van der Waals surface area (Å²) >= 11 is 1.62. The number of nitrogens with two attached hydrogens (primary N) is 1. The molecule has 1 saturated carbocycles. The van der Waals surface area contributed by atoms with E-state index in [4.69, 9.17) is 5.84 Å². The van der Waals surface area contributed by atoms with Crippen LogP contribution in [0.2, 0.25) is 0 Å². The van der Waals surface area contributed by atoms with Gasteiger partial charge in [-0.05, 0) is 30.2 Å². The van der Waals surface area contributed by atoms with Gasteiger partial charge in [0.05, 0.1) is 5.39 Å². The molecule has 3 rings (SSSR count). The zero-order valence-electron chi connectivity index (χ0n) is 11.8. The Balaban J connectivity index is 1.85. The first kappa shape index (κ1) is 13.6. The van der Waals surface area contributed by atoms with Gasteiger partial charge in [0.25, 0.3) is 0 Å². The van der Waals surface area contributed by atoms with Crippen LogP contribution in [0, 0.1) is 5.92 Å². The molecule has 3 N–H and O–H groups in total. The van der Waals surface area contributed by atoms with Crippen molar-refractivity contribution in [1.82, 2.24) is 9.97 Å². The maximum absolute atomic E-state index is 5.47. The molecule has 5 nitrogen and oxygen atoms in total. The summed E-state index contributed by atoms with van der Waals surface area (Å²) in [5.41, 5.74) is 2.57. The fraction of sp³-hybridized carbons (Fsp3) is 0.571. The van der Waals surface area contributed by atoms with Crippen molar-refractivity contribution >= 4 is 33.3 Å². The van der Waals surface area contributed by atoms with Crippen LogP contribution in [0.1, 0.15) is 32.1 Å². The highest BCUT2D eigenvalue weighted by Crippen LogP contribution is 2.30. The number of hydrogen-bond acceptors (Lipinski definition) is 6. The maximum atomic E-state index is 5.47. The molecule has 0 saturated heterocycles. The number of nitrogens with one attached hydrogen (secondary N) is 1. The van der Waals surface area contributed by atoms with E-state index in [-0.39, 0.29) is 0 Å². The van der Waals surface area contributed by atoms with Gasteiger partial charge in [0, 0.05) is 13.6 Å². The van der Waals surface area contributed by atoms with Crippen LogP contribution in [0.5, 0.6) is 0 Å². The number of nitrogens with zero attached hydrogens (tertiary/aromatic N) is 3. The smallest absolute Gasteiger partial charge is 0.240 e. The standard InChI is InChI=1S/C14H21N5S/c1-19(9-10-5-3-2-4-6-10)12-11-7-8-20-13(11)17-14(16-12)18-15/h7-8,10H,2-6,9,15H2,1H3,(H,16,17,18). The number of hydrogen-bond donors (Lipinski definition) is 2. The molecule has 108 valence electrons. The highest BCUT2D eigenvalue weighted by Gasteiger charge is 2.18. The van der Waals surface area contributed by atoms with E-state index < -0.39 is 0 Å².